The van der Waals surface area contributed by atoms with Crippen LogP contribution in [-0.4, -0.2) is 16.8 Å². The summed E-state index contributed by atoms with van der Waals surface area (Å²) in [6.07, 6.45) is 4.72. The third-order valence-corrected chi connectivity index (χ3v) is 3.08. The SMILES string of the molecule is CCC(N)CSCc1ccncc1. The van der Waals surface area contributed by atoms with Crippen molar-refractivity contribution in [3.05, 3.63) is 30.1 Å². The Morgan fingerprint density at radius 3 is 2.77 bits per heavy atom. The molecule has 0 aliphatic heterocycles. The van der Waals surface area contributed by atoms with Gasteiger partial charge >= 0.3 is 0 Å². The van der Waals surface area contributed by atoms with Crippen LogP contribution in [0.15, 0.2) is 24.5 Å². The van der Waals surface area contributed by atoms with Gasteiger partial charge in [-0.1, -0.05) is 6.92 Å². The standard InChI is InChI=1S/C10H16N2S/c1-2-10(11)8-13-7-9-3-5-12-6-4-9/h3-6,10H,2,7-8,11H2,1H3. The van der Waals surface area contributed by atoms with E-state index in [1.807, 2.05) is 36.3 Å². The molecule has 1 aromatic rings. The fourth-order valence-electron chi connectivity index (χ4n) is 0.925. The van der Waals surface area contributed by atoms with Crippen LogP contribution in [0.3, 0.4) is 0 Å². The Kier molecular flexibility index (Phi) is 4.86. The third kappa shape index (κ3) is 4.29. The molecule has 1 aromatic heterocycles. The molecule has 1 atom stereocenters. The molecule has 0 aliphatic carbocycles. The Bertz CT molecular complexity index is 226. The number of hydrogen-bond acceptors (Lipinski definition) is 3. The van der Waals surface area contributed by atoms with Crippen LogP contribution in [0.25, 0.3) is 0 Å². The lowest BCUT2D eigenvalue weighted by atomic mass is 10.3. The molecule has 3 heteroatoms. The number of hydrogen-bond donors (Lipinski definition) is 1. The van der Waals surface area contributed by atoms with Crippen molar-refractivity contribution in [3.8, 4) is 0 Å². The highest BCUT2D eigenvalue weighted by Gasteiger charge is 1.98. The topological polar surface area (TPSA) is 38.9 Å². The normalized spacial score (nSPS) is 12.8. The van der Waals surface area contributed by atoms with E-state index in [9.17, 15) is 0 Å². The van der Waals surface area contributed by atoms with Gasteiger partial charge in [-0.2, -0.15) is 11.8 Å². The van der Waals surface area contributed by atoms with E-state index in [4.69, 9.17) is 5.73 Å². The van der Waals surface area contributed by atoms with Gasteiger partial charge in [0, 0.05) is 29.9 Å². The zero-order valence-electron chi connectivity index (χ0n) is 7.94. The maximum atomic E-state index is 5.80. The Hall–Kier alpha value is -0.540. The maximum Gasteiger partial charge on any atom is 0.0270 e. The van der Waals surface area contributed by atoms with Crippen molar-refractivity contribution in [1.82, 2.24) is 4.98 Å². The lowest BCUT2D eigenvalue weighted by Gasteiger charge is -2.07. The van der Waals surface area contributed by atoms with E-state index < -0.39 is 0 Å². The van der Waals surface area contributed by atoms with E-state index in [0.717, 1.165) is 17.9 Å². The van der Waals surface area contributed by atoms with Gasteiger partial charge in [0.05, 0.1) is 0 Å². The summed E-state index contributed by atoms with van der Waals surface area (Å²) in [4.78, 5) is 3.97. The first-order valence-corrected chi connectivity index (χ1v) is 5.70. The molecule has 1 rings (SSSR count). The van der Waals surface area contributed by atoms with Gasteiger partial charge in [-0.05, 0) is 24.1 Å². The monoisotopic (exact) mass is 196 g/mol. The molecule has 2 N–H and O–H groups in total. The minimum Gasteiger partial charge on any atom is -0.327 e. The van der Waals surface area contributed by atoms with Crippen LogP contribution >= 0.6 is 11.8 Å². The zero-order valence-corrected chi connectivity index (χ0v) is 8.76. The summed E-state index contributed by atoms with van der Waals surface area (Å²) in [5, 5.41) is 0. The molecule has 0 fully saturated rings. The van der Waals surface area contributed by atoms with E-state index in [-0.39, 0.29) is 0 Å². The molecule has 0 aromatic carbocycles. The van der Waals surface area contributed by atoms with E-state index in [1.54, 1.807) is 0 Å². The Morgan fingerprint density at radius 1 is 1.46 bits per heavy atom. The lowest BCUT2D eigenvalue weighted by molar-refractivity contribution is 0.725. The molecule has 0 aliphatic rings. The summed E-state index contributed by atoms with van der Waals surface area (Å²) >= 11 is 1.89. The molecular formula is C10H16N2S. The number of pyridine rings is 1. The van der Waals surface area contributed by atoms with Crippen molar-refractivity contribution < 1.29 is 0 Å². The first kappa shape index (κ1) is 10.5. The minimum absolute atomic E-state index is 0.340. The predicted octanol–water partition coefficient (Wildman–Crippen LogP) is 2.05. The molecule has 1 unspecified atom stereocenters. The van der Waals surface area contributed by atoms with Gasteiger partial charge in [-0.3, -0.25) is 4.98 Å². The molecule has 0 amide bonds. The van der Waals surface area contributed by atoms with Crippen molar-refractivity contribution in [3.63, 3.8) is 0 Å². The number of nitrogens with two attached hydrogens (primary N) is 1. The molecular weight excluding hydrogens is 180 g/mol. The van der Waals surface area contributed by atoms with Crippen LogP contribution in [0.4, 0.5) is 0 Å². The smallest absolute Gasteiger partial charge is 0.0270 e. The predicted molar refractivity (Wildman–Crippen MR) is 58.7 cm³/mol. The fraction of sp³-hybridized carbons (Fsp3) is 0.500. The number of thioether (sulfide) groups is 1. The van der Waals surface area contributed by atoms with E-state index in [0.29, 0.717) is 6.04 Å². The summed E-state index contributed by atoms with van der Waals surface area (Å²) in [6, 6.07) is 4.43. The van der Waals surface area contributed by atoms with Crippen molar-refractivity contribution in [1.29, 1.82) is 0 Å². The third-order valence-electron chi connectivity index (χ3n) is 1.87. The largest absolute Gasteiger partial charge is 0.327 e. The van der Waals surface area contributed by atoms with Gasteiger partial charge in [-0.25, -0.2) is 0 Å². The van der Waals surface area contributed by atoms with Crippen LogP contribution < -0.4 is 5.73 Å². The van der Waals surface area contributed by atoms with E-state index >= 15 is 0 Å². The minimum atomic E-state index is 0.340. The summed E-state index contributed by atoms with van der Waals surface area (Å²) in [6.45, 7) is 2.12. The molecule has 1 heterocycles. The van der Waals surface area contributed by atoms with Crippen LogP contribution in [0.1, 0.15) is 18.9 Å². The molecule has 0 bridgehead atoms. The average Bonchev–Trinajstić information content (AvgIpc) is 2.19. The van der Waals surface area contributed by atoms with Gasteiger partial charge in [-0.15, -0.1) is 0 Å². The molecule has 0 radical (unpaired) electrons. The Morgan fingerprint density at radius 2 is 2.15 bits per heavy atom. The highest BCUT2D eigenvalue weighted by Crippen LogP contribution is 2.12. The first-order chi connectivity index (χ1) is 6.33. The summed E-state index contributed by atoms with van der Waals surface area (Å²) < 4.78 is 0. The van der Waals surface area contributed by atoms with Gasteiger partial charge in [0.1, 0.15) is 0 Å². The van der Waals surface area contributed by atoms with Crippen LogP contribution in [0.2, 0.25) is 0 Å². The van der Waals surface area contributed by atoms with Gasteiger partial charge in [0.15, 0.2) is 0 Å². The van der Waals surface area contributed by atoms with Crippen molar-refractivity contribution >= 4 is 11.8 Å². The highest BCUT2D eigenvalue weighted by atomic mass is 32.2. The highest BCUT2D eigenvalue weighted by molar-refractivity contribution is 7.98. The van der Waals surface area contributed by atoms with Crippen molar-refractivity contribution in [2.75, 3.05) is 5.75 Å². The summed E-state index contributed by atoms with van der Waals surface area (Å²) in [5.74, 6) is 2.08. The first-order valence-electron chi connectivity index (χ1n) is 4.55. The fourth-order valence-corrected chi connectivity index (χ4v) is 2.01. The second kappa shape index (κ2) is 6.00. The number of rotatable bonds is 5. The van der Waals surface area contributed by atoms with E-state index in [1.165, 1.54) is 5.56 Å². The summed E-state index contributed by atoms with van der Waals surface area (Å²) in [5.41, 5.74) is 7.13. The van der Waals surface area contributed by atoms with Crippen LogP contribution in [0.5, 0.6) is 0 Å². The van der Waals surface area contributed by atoms with Gasteiger partial charge in [0.25, 0.3) is 0 Å². The molecule has 0 saturated carbocycles. The summed E-state index contributed by atoms with van der Waals surface area (Å²) in [7, 11) is 0. The van der Waals surface area contributed by atoms with Crippen molar-refractivity contribution in [2.45, 2.75) is 25.1 Å². The molecule has 0 spiro atoms. The number of aromatic nitrogens is 1. The molecule has 0 saturated heterocycles. The molecule has 13 heavy (non-hydrogen) atoms. The Labute approximate surface area is 83.9 Å². The van der Waals surface area contributed by atoms with Crippen molar-refractivity contribution in [2.24, 2.45) is 5.73 Å². The van der Waals surface area contributed by atoms with Gasteiger partial charge in [0.2, 0.25) is 0 Å². The number of nitrogens with zero attached hydrogens (tertiary/aromatic N) is 1. The second-order valence-corrected chi connectivity index (χ2v) is 4.07. The quantitative estimate of drug-likeness (QED) is 0.783. The lowest BCUT2D eigenvalue weighted by Crippen LogP contribution is -2.21. The second-order valence-electron chi connectivity index (χ2n) is 3.04. The molecule has 72 valence electrons. The van der Waals surface area contributed by atoms with E-state index in [2.05, 4.69) is 11.9 Å². The van der Waals surface area contributed by atoms with Crippen LogP contribution in [-0.2, 0) is 5.75 Å². The zero-order chi connectivity index (χ0) is 9.52. The Balaban J connectivity index is 2.20. The molecule has 2 nitrogen and oxygen atoms in total. The van der Waals surface area contributed by atoms with Gasteiger partial charge < -0.3 is 5.73 Å². The maximum absolute atomic E-state index is 5.80. The van der Waals surface area contributed by atoms with Crippen LogP contribution in [0, 0.1) is 0 Å². The average molecular weight is 196 g/mol.